The average Bonchev–Trinajstić information content (AvgIpc) is 2.87. The average molecular weight is 226 g/mol. The lowest BCUT2D eigenvalue weighted by Gasteiger charge is -2.16. The number of hydrogen-bond donors (Lipinski definition) is 3. The van der Waals surface area contributed by atoms with Gasteiger partial charge in [-0.2, -0.15) is 0 Å². The zero-order valence-corrected chi connectivity index (χ0v) is 9.24. The Morgan fingerprint density at radius 1 is 1.25 bits per heavy atom. The summed E-state index contributed by atoms with van der Waals surface area (Å²) in [5.41, 5.74) is 0. The van der Waals surface area contributed by atoms with Crippen molar-refractivity contribution in [2.45, 2.75) is 44.2 Å². The highest BCUT2D eigenvalue weighted by atomic mass is 16.4. The van der Waals surface area contributed by atoms with E-state index in [1.165, 1.54) is 0 Å². The number of rotatable bonds is 3. The molecule has 2 rings (SSSR count). The number of nitrogens with one attached hydrogen (secondary N) is 2. The molecule has 0 unspecified atom stereocenters. The van der Waals surface area contributed by atoms with Gasteiger partial charge in [-0.1, -0.05) is 0 Å². The fourth-order valence-electron chi connectivity index (χ4n) is 2.55. The molecule has 3 N–H and O–H groups in total. The van der Waals surface area contributed by atoms with Crippen molar-refractivity contribution in [2.75, 3.05) is 6.54 Å². The number of amides is 1. The SMILES string of the molecule is O=C(O)[C@@H]1CC[C@H](NC(=O)[C@@H]2CCCN2)C1. The van der Waals surface area contributed by atoms with Gasteiger partial charge in [0.15, 0.2) is 0 Å². The van der Waals surface area contributed by atoms with Crippen LogP contribution in [0.25, 0.3) is 0 Å². The predicted molar refractivity (Wildman–Crippen MR) is 57.9 cm³/mol. The summed E-state index contributed by atoms with van der Waals surface area (Å²) in [5.74, 6) is -0.980. The first-order valence-corrected chi connectivity index (χ1v) is 5.93. The summed E-state index contributed by atoms with van der Waals surface area (Å²) < 4.78 is 0. The fourth-order valence-corrected chi connectivity index (χ4v) is 2.55. The van der Waals surface area contributed by atoms with Gasteiger partial charge in [-0.15, -0.1) is 0 Å². The van der Waals surface area contributed by atoms with Gasteiger partial charge in [-0.25, -0.2) is 0 Å². The Kier molecular flexibility index (Phi) is 3.43. The monoisotopic (exact) mass is 226 g/mol. The summed E-state index contributed by atoms with van der Waals surface area (Å²) in [5, 5.41) is 14.9. The molecule has 0 aromatic rings. The van der Waals surface area contributed by atoms with Gasteiger partial charge in [-0.3, -0.25) is 9.59 Å². The lowest BCUT2D eigenvalue weighted by Crippen LogP contribution is -2.44. The Hall–Kier alpha value is -1.10. The summed E-state index contributed by atoms with van der Waals surface area (Å²) in [7, 11) is 0. The van der Waals surface area contributed by atoms with Gasteiger partial charge in [0.2, 0.25) is 5.91 Å². The highest BCUT2D eigenvalue weighted by molar-refractivity contribution is 5.82. The zero-order valence-electron chi connectivity index (χ0n) is 9.24. The van der Waals surface area contributed by atoms with Gasteiger partial charge < -0.3 is 15.7 Å². The van der Waals surface area contributed by atoms with E-state index in [0.717, 1.165) is 25.8 Å². The van der Waals surface area contributed by atoms with Crippen LogP contribution in [0.1, 0.15) is 32.1 Å². The van der Waals surface area contributed by atoms with Gasteiger partial charge in [-0.05, 0) is 38.6 Å². The number of carbonyl (C=O) groups excluding carboxylic acids is 1. The van der Waals surface area contributed by atoms with Crippen molar-refractivity contribution < 1.29 is 14.7 Å². The molecule has 1 aliphatic carbocycles. The number of aliphatic carboxylic acids is 1. The number of hydrogen-bond acceptors (Lipinski definition) is 3. The van der Waals surface area contributed by atoms with Crippen LogP contribution >= 0.6 is 0 Å². The maximum absolute atomic E-state index is 11.8. The molecule has 0 aromatic heterocycles. The number of carboxylic acids is 1. The first-order valence-electron chi connectivity index (χ1n) is 5.93. The molecule has 5 nitrogen and oxygen atoms in total. The highest BCUT2D eigenvalue weighted by Gasteiger charge is 2.32. The van der Waals surface area contributed by atoms with E-state index in [4.69, 9.17) is 5.11 Å². The van der Waals surface area contributed by atoms with Crippen LogP contribution in [-0.2, 0) is 9.59 Å². The van der Waals surface area contributed by atoms with E-state index in [1.54, 1.807) is 0 Å². The zero-order chi connectivity index (χ0) is 11.5. The summed E-state index contributed by atoms with van der Waals surface area (Å²) >= 11 is 0. The Labute approximate surface area is 94.6 Å². The summed E-state index contributed by atoms with van der Waals surface area (Å²) in [6, 6.07) is -0.0140. The summed E-state index contributed by atoms with van der Waals surface area (Å²) in [4.78, 5) is 22.5. The molecule has 2 fully saturated rings. The first kappa shape index (κ1) is 11.4. The molecule has 0 aromatic carbocycles. The van der Waals surface area contributed by atoms with E-state index >= 15 is 0 Å². The van der Waals surface area contributed by atoms with Crippen molar-refractivity contribution in [1.82, 2.24) is 10.6 Å². The van der Waals surface area contributed by atoms with Crippen LogP contribution in [0.2, 0.25) is 0 Å². The molecule has 3 atom stereocenters. The maximum Gasteiger partial charge on any atom is 0.306 e. The smallest absolute Gasteiger partial charge is 0.306 e. The minimum Gasteiger partial charge on any atom is -0.481 e. The van der Waals surface area contributed by atoms with E-state index in [2.05, 4.69) is 10.6 Å². The second-order valence-corrected chi connectivity index (χ2v) is 4.70. The normalized spacial score (nSPS) is 33.9. The molecule has 1 heterocycles. The lowest BCUT2D eigenvalue weighted by atomic mass is 10.1. The van der Waals surface area contributed by atoms with Crippen molar-refractivity contribution in [2.24, 2.45) is 5.92 Å². The van der Waals surface area contributed by atoms with Crippen LogP contribution in [0.15, 0.2) is 0 Å². The summed E-state index contributed by atoms with van der Waals surface area (Å²) in [6.07, 6.45) is 3.98. The van der Waals surface area contributed by atoms with Gasteiger partial charge in [0.1, 0.15) is 0 Å². The number of carbonyl (C=O) groups is 2. The third-order valence-corrected chi connectivity index (χ3v) is 3.51. The molecule has 1 saturated carbocycles. The Bertz CT molecular complexity index is 287. The second-order valence-electron chi connectivity index (χ2n) is 4.70. The van der Waals surface area contributed by atoms with Crippen LogP contribution in [0.3, 0.4) is 0 Å². The molecule has 90 valence electrons. The quantitative estimate of drug-likeness (QED) is 0.638. The Morgan fingerprint density at radius 3 is 2.62 bits per heavy atom. The van der Waals surface area contributed by atoms with Gasteiger partial charge in [0, 0.05) is 6.04 Å². The minimum absolute atomic E-state index is 0.0357. The van der Waals surface area contributed by atoms with E-state index in [1.807, 2.05) is 0 Å². The van der Waals surface area contributed by atoms with Crippen LogP contribution in [-0.4, -0.2) is 35.6 Å². The molecule has 5 heteroatoms. The molecule has 16 heavy (non-hydrogen) atoms. The van der Waals surface area contributed by atoms with Crippen molar-refractivity contribution in [3.8, 4) is 0 Å². The van der Waals surface area contributed by atoms with Crippen molar-refractivity contribution >= 4 is 11.9 Å². The third kappa shape index (κ3) is 2.52. The van der Waals surface area contributed by atoms with Crippen LogP contribution in [0.4, 0.5) is 0 Å². The second kappa shape index (κ2) is 4.82. The van der Waals surface area contributed by atoms with E-state index in [9.17, 15) is 9.59 Å². The van der Waals surface area contributed by atoms with Gasteiger partial charge >= 0.3 is 5.97 Å². The highest BCUT2D eigenvalue weighted by Crippen LogP contribution is 2.25. The molecule has 0 bridgehead atoms. The molecule has 1 saturated heterocycles. The Balaban J connectivity index is 1.78. The van der Waals surface area contributed by atoms with Crippen LogP contribution < -0.4 is 10.6 Å². The summed E-state index contributed by atoms with van der Waals surface area (Å²) in [6.45, 7) is 0.903. The molecule has 0 spiro atoms. The molecule has 0 radical (unpaired) electrons. The molecule has 1 amide bonds. The van der Waals surface area contributed by atoms with Crippen molar-refractivity contribution in [1.29, 1.82) is 0 Å². The Morgan fingerprint density at radius 2 is 2.06 bits per heavy atom. The lowest BCUT2D eigenvalue weighted by molar-refractivity contribution is -0.141. The largest absolute Gasteiger partial charge is 0.481 e. The molecule has 1 aliphatic heterocycles. The van der Waals surface area contributed by atoms with Crippen LogP contribution in [0.5, 0.6) is 0 Å². The predicted octanol–water partition coefficient (Wildman–Crippen LogP) is 0.108. The third-order valence-electron chi connectivity index (χ3n) is 3.51. The van der Waals surface area contributed by atoms with E-state index in [-0.39, 0.29) is 23.9 Å². The fraction of sp³-hybridized carbons (Fsp3) is 0.818. The molecular weight excluding hydrogens is 208 g/mol. The van der Waals surface area contributed by atoms with Gasteiger partial charge in [0.25, 0.3) is 0 Å². The minimum atomic E-state index is -0.740. The van der Waals surface area contributed by atoms with E-state index < -0.39 is 5.97 Å². The standard InChI is InChI=1S/C11H18N2O3/c14-10(9-2-1-5-12-9)13-8-4-3-7(6-8)11(15)16/h7-9,12H,1-6H2,(H,13,14)(H,15,16)/t7-,8+,9+/m1/s1. The molecular formula is C11H18N2O3. The first-order chi connectivity index (χ1) is 7.66. The number of carboxylic acid groups (broad SMARTS) is 1. The molecule has 2 aliphatic rings. The maximum atomic E-state index is 11.8. The topological polar surface area (TPSA) is 78.4 Å². The van der Waals surface area contributed by atoms with E-state index in [0.29, 0.717) is 12.8 Å². The van der Waals surface area contributed by atoms with Crippen molar-refractivity contribution in [3.05, 3.63) is 0 Å². The van der Waals surface area contributed by atoms with Gasteiger partial charge in [0.05, 0.1) is 12.0 Å². The van der Waals surface area contributed by atoms with Crippen molar-refractivity contribution in [3.63, 3.8) is 0 Å². The van der Waals surface area contributed by atoms with Crippen LogP contribution in [0, 0.1) is 5.92 Å².